The second kappa shape index (κ2) is 7.76. The number of hydrogen-bond acceptors (Lipinski definition) is 5. The topological polar surface area (TPSA) is 39.7 Å². The van der Waals surface area contributed by atoms with E-state index in [0.717, 1.165) is 56.3 Å². The van der Waals surface area contributed by atoms with Gasteiger partial charge in [0.2, 0.25) is 5.91 Å². The summed E-state index contributed by atoms with van der Waals surface area (Å²) in [5.74, 6) is 0.229. The van der Waals surface area contributed by atoms with Crippen LogP contribution in [0, 0.1) is 0 Å². The van der Waals surface area contributed by atoms with E-state index < -0.39 is 0 Å². The average molecular weight is 371 g/mol. The number of thiazole rings is 1. The van der Waals surface area contributed by atoms with Crippen molar-refractivity contribution < 1.29 is 4.79 Å². The second-order valence-electron chi connectivity index (χ2n) is 7.21. The first-order chi connectivity index (χ1) is 12.7. The predicted molar refractivity (Wildman–Crippen MR) is 107 cm³/mol. The highest BCUT2D eigenvalue weighted by Crippen LogP contribution is 2.30. The van der Waals surface area contributed by atoms with Gasteiger partial charge in [-0.05, 0) is 37.8 Å². The number of rotatable bonds is 3. The highest BCUT2D eigenvalue weighted by atomic mass is 32.1. The lowest BCUT2D eigenvalue weighted by Gasteiger charge is -2.36. The molecule has 3 heterocycles. The Morgan fingerprint density at radius 3 is 2.96 bits per heavy atom. The van der Waals surface area contributed by atoms with Crippen LogP contribution in [-0.2, 0) is 11.2 Å². The van der Waals surface area contributed by atoms with E-state index in [2.05, 4.69) is 39.9 Å². The molecular weight excluding hydrogens is 344 g/mol. The first-order valence-corrected chi connectivity index (χ1v) is 10.4. The van der Waals surface area contributed by atoms with Crippen molar-refractivity contribution in [1.29, 1.82) is 0 Å². The first kappa shape index (κ1) is 17.5. The van der Waals surface area contributed by atoms with Crippen LogP contribution in [-0.4, -0.2) is 54.6 Å². The third-order valence-electron chi connectivity index (χ3n) is 5.43. The molecular formula is C20H26N4OS. The van der Waals surface area contributed by atoms with Gasteiger partial charge in [-0.1, -0.05) is 18.2 Å². The van der Waals surface area contributed by atoms with Crippen LogP contribution in [0.5, 0.6) is 0 Å². The SMILES string of the molecule is CC1CCc2ccccc2N1C(=O)CN1CCCN(c2nccs2)CC1. The standard InChI is InChI=1S/C20H26N4OS/c1-16-7-8-17-5-2-3-6-18(17)24(16)19(25)15-22-10-4-11-23(13-12-22)20-21-9-14-26-20/h2-3,5-6,9,14,16H,4,7-8,10-13,15H2,1H3. The number of aryl methyl sites for hydroxylation is 1. The number of carbonyl (C=O) groups excluding carboxylic acids is 1. The third kappa shape index (κ3) is 3.62. The van der Waals surface area contributed by atoms with Crippen LogP contribution in [0.2, 0.25) is 0 Å². The number of benzene rings is 1. The highest BCUT2D eigenvalue weighted by molar-refractivity contribution is 7.13. The van der Waals surface area contributed by atoms with Crippen LogP contribution in [0.1, 0.15) is 25.3 Å². The fourth-order valence-electron chi connectivity index (χ4n) is 4.03. The molecule has 0 saturated carbocycles. The number of nitrogens with zero attached hydrogens (tertiary/aromatic N) is 4. The minimum absolute atomic E-state index is 0.229. The van der Waals surface area contributed by atoms with E-state index >= 15 is 0 Å². The summed E-state index contributed by atoms with van der Waals surface area (Å²) in [6.07, 6.45) is 5.04. The van der Waals surface area contributed by atoms with Gasteiger partial charge in [0.05, 0.1) is 6.54 Å². The molecule has 26 heavy (non-hydrogen) atoms. The number of fused-ring (bicyclic) bond motifs is 1. The smallest absolute Gasteiger partial charge is 0.241 e. The highest BCUT2D eigenvalue weighted by Gasteiger charge is 2.29. The summed E-state index contributed by atoms with van der Waals surface area (Å²) >= 11 is 1.69. The second-order valence-corrected chi connectivity index (χ2v) is 8.08. The molecule has 5 nitrogen and oxygen atoms in total. The van der Waals surface area contributed by atoms with E-state index in [-0.39, 0.29) is 11.9 Å². The molecule has 6 heteroatoms. The van der Waals surface area contributed by atoms with E-state index in [4.69, 9.17) is 0 Å². The van der Waals surface area contributed by atoms with Crippen LogP contribution in [0.3, 0.4) is 0 Å². The number of amides is 1. The maximum absolute atomic E-state index is 13.1. The lowest BCUT2D eigenvalue weighted by molar-refractivity contribution is -0.120. The number of anilines is 2. The molecule has 138 valence electrons. The van der Waals surface area contributed by atoms with Gasteiger partial charge >= 0.3 is 0 Å². The Balaban J connectivity index is 1.42. The van der Waals surface area contributed by atoms with Crippen molar-refractivity contribution in [3.8, 4) is 0 Å². The maximum atomic E-state index is 13.1. The van der Waals surface area contributed by atoms with Gasteiger partial charge in [-0.15, -0.1) is 11.3 Å². The molecule has 0 spiro atoms. The molecule has 1 fully saturated rings. The molecule has 0 N–H and O–H groups in total. The summed E-state index contributed by atoms with van der Waals surface area (Å²) in [4.78, 5) is 24.2. The molecule has 2 aliphatic rings. The summed E-state index contributed by atoms with van der Waals surface area (Å²) < 4.78 is 0. The normalized spacial score (nSPS) is 21.3. The lowest BCUT2D eigenvalue weighted by atomic mass is 9.96. The first-order valence-electron chi connectivity index (χ1n) is 9.49. The summed E-state index contributed by atoms with van der Waals surface area (Å²) in [5.41, 5.74) is 2.40. The summed E-state index contributed by atoms with van der Waals surface area (Å²) in [7, 11) is 0. The van der Waals surface area contributed by atoms with Crippen molar-refractivity contribution in [3.05, 3.63) is 41.4 Å². The number of para-hydroxylation sites is 1. The number of aromatic nitrogens is 1. The zero-order valence-corrected chi connectivity index (χ0v) is 16.1. The van der Waals surface area contributed by atoms with Crippen molar-refractivity contribution in [2.24, 2.45) is 0 Å². The van der Waals surface area contributed by atoms with Gasteiger partial charge in [-0.25, -0.2) is 4.98 Å². The molecule has 1 unspecified atom stereocenters. The Morgan fingerprint density at radius 2 is 2.12 bits per heavy atom. The van der Waals surface area contributed by atoms with Crippen LogP contribution in [0.4, 0.5) is 10.8 Å². The predicted octanol–water partition coefficient (Wildman–Crippen LogP) is 3.02. The van der Waals surface area contributed by atoms with E-state index in [0.29, 0.717) is 6.54 Å². The van der Waals surface area contributed by atoms with Crippen molar-refractivity contribution >= 4 is 28.1 Å². The Kier molecular flexibility index (Phi) is 5.22. The van der Waals surface area contributed by atoms with Gasteiger partial charge < -0.3 is 9.80 Å². The van der Waals surface area contributed by atoms with Gasteiger partial charge in [0.15, 0.2) is 5.13 Å². The molecule has 2 aliphatic heterocycles. The van der Waals surface area contributed by atoms with Crippen molar-refractivity contribution in [3.63, 3.8) is 0 Å². The molecule has 2 aromatic rings. The zero-order valence-electron chi connectivity index (χ0n) is 15.3. The Hall–Kier alpha value is -1.92. The van der Waals surface area contributed by atoms with E-state index in [1.165, 1.54) is 5.56 Å². The monoisotopic (exact) mass is 370 g/mol. The number of carbonyl (C=O) groups is 1. The maximum Gasteiger partial charge on any atom is 0.241 e. The quantitative estimate of drug-likeness (QED) is 0.833. The fourth-order valence-corrected chi connectivity index (χ4v) is 4.72. The van der Waals surface area contributed by atoms with Crippen LogP contribution in [0.15, 0.2) is 35.8 Å². The third-order valence-corrected chi connectivity index (χ3v) is 6.26. The molecule has 1 atom stereocenters. The average Bonchev–Trinajstić information content (AvgIpc) is 3.09. The van der Waals surface area contributed by atoms with E-state index in [1.54, 1.807) is 11.3 Å². The largest absolute Gasteiger partial charge is 0.347 e. The van der Waals surface area contributed by atoms with Gasteiger partial charge in [0.1, 0.15) is 0 Å². The van der Waals surface area contributed by atoms with E-state index in [1.807, 2.05) is 22.5 Å². The Labute approximate surface area is 159 Å². The van der Waals surface area contributed by atoms with Gasteiger partial charge in [0.25, 0.3) is 0 Å². The molecule has 1 saturated heterocycles. The van der Waals surface area contributed by atoms with Crippen LogP contribution >= 0.6 is 11.3 Å². The molecule has 0 radical (unpaired) electrons. The summed E-state index contributed by atoms with van der Waals surface area (Å²) in [6, 6.07) is 8.62. The molecule has 0 aliphatic carbocycles. The Morgan fingerprint density at radius 1 is 1.23 bits per heavy atom. The summed E-state index contributed by atoms with van der Waals surface area (Å²) in [5, 5.41) is 3.12. The summed E-state index contributed by atoms with van der Waals surface area (Å²) in [6.45, 7) is 6.51. The minimum Gasteiger partial charge on any atom is -0.347 e. The van der Waals surface area contributed by atoms with Crippen LogP contribution in [0.25, 0.3) is 0 Å². The van der Waals surface area contributed by atoms with Crippen molar-refractivity contribution in [2.45, 2.75) is 32.2 Å². The molecule has 4 rings (SSSR count). The zero-order chi connectivity index (χ0) is 17.9. The molecule has 1 aromatic heterocycles. The number of hydrogen-bond donors (Lipinski definition) is 0. The minimum atomic E-state index is 0.229. The molecule has 0 bridgehead atoms. The van der Waals surface area contributed by atoms with Crippen molar-refractivity contribution in [1.82, 2.24) is 9.88 Å². The lowest BCUT2D eigenvalue weighted by Crippen LogP contribution is -2.47. The molecule has 1 aromatic carbocycles. The van der Waals surface area contributed by atoms with Gasteiger partial charge in [0, 0.05) is 49.5 Å². The van der Waals surface area contributed by atoms with Gasteiger partial charge in [-0.3, -0.25) is 9.69 Å². The van der Waals surface area contributed by atoms with Crippen LogP contribution < -0.4 is 9.80 Å². The molecule has 1 amide bonds. The Bertz CT molecular complexity index is 748. The van der Waals surface area contributed by atoms with Crippen molar-refractivity contribution in [2.75, 3.05) is 42.5 Å². The van der Waals surface area contributed by atoms with E-state index in [9.17, 15) is 4.79 Å². The fraction of sp³-hybridized carbons (Fsp3) is 0.500. The van der Waals surface area contributed by atoms with Gasteiger partial charge in [-0.2, -0.15) is 0 Å².